The van der Waals surface area contributed by atoms with E-state index in [1.165, 1.54) is 0 Å². The van der Waals surface area contributed by atoms with Gasteiger partial charge in [-0.25, -0.2) is 0 Å². The van der Waals surface area contributed by atoms with Gasteiger partial charge in [0, 0.05) is 44.0 Å². The Labute approximate surface area is 153 Å². The van der Waals surface area contributed by atoms with Gasteiger partial charge in [-0.1, -0.05) is 24.3 Å². The first-order valence-electron chi connectivity index (χ1n) is 9.30. The number of piperidine rings is 1. The van der Waals surface area contributed by atoms with Crippen molar-refractivity contribution in [2.75, 3.05) is 13.1 Å². The number of carbonyl (C=O) groups is 2. The molecule has 1 saturated heterocycles. The Balaban J connectivity index is 1.41. The maximum Gasteiger partial charge on any atom is 0.254 e. The van der Waals surface area contributed by atoms with E-state index in [4.69, 9.17) is 0 Å². The van der Waals surface area contributed by atoms with Gasteiger partial charge < -0.3 is 9.80 Å². The van der Waals surface area contributed by atoms with Gasteiger partial charge in [0.2, 0.25) is 5.91 Å². The number of hydrogen-bond acceptors (Lipinski definition) is 3. The molecular weight excluding hydrogens is 326 g/mol. The largest absolute Gasteiger partial charge is 0.336 e. The molecule has 2 aliphatic heterocycles. The van der Waals surface area contributed by atoms with Crippen LogP contribution < -0.4 is 0 Å². The van der Waals surface area contributed by atoms with E-state index in [0.29, 0.717) is 19.5 Å². The summed E-state index contributed by atoms with van der Waals surface area (Å²) in [7, 11) is 0. The van der Waals surface area contributed by atoms with Crippen LogP contribution in [0.3, 0.4) is 0 Å². The molecule has 134 valence electrons. The summed E-state index contributed by atoms with van der Waals surface area (Å²) >= 11 is 0. The Hall–Kier alpha value is -2.69. The fourth-order valence-corrected chi connectivity index (χ4v) is 4.02. The van der Waals surface area contributed by atoms with Crippen molar-refractivity contribution < 1.29 is 9.59 Å². The third-order valence-electron chi connectivity index (χ3n) is 5.38. The Morgan fingerprint density at radius 1 is 1.15 bits per heavy atom. The van der Waals surface area contributed by atoms with E-state index < -0.39 is 0 Å². The zero-order valence-corrected chi connectivity index (χ0v) is 14.8. The van der Waals surface area contributed by atoms with E-state index in [1.54, 1.807) is 11.1 Å². The molecular formula is C21H23N3O2. The highest BCUT2D eigenvalue weighted by Gasteiger charge is 2.30. The molecule has 0 unspecified atom stereocenters. The summed E-state index contributed by atoms with van der Waals surface area (Å²) in [5.41, 5.74) is 2.92. The van der Waals surface area contributed by atoms with Crippen LogP contribution in [-0.2, 0) is 11.3 Å². The van der Waals surface area contributed by atoms with Gasteiger partial charge in [-0.2, -0.15) is 0 Å². The van der Waals surface area contributed by atoms with Crippen molar-refractivity contribution in [3.63, 3.8) is 0 Å². The summed E-state index contributed by atoms with van der Waals surface area (Å²) in [6.07, 6.45) is 7.13. The highest BCUT2D eigenvalue weighted by atomic mass is 16.2. The van der Waals surface area contributed by atoms with Crippen LogP contribution in [0.25, 0.3) is 0 Å². The van der Waals surface area contributed by atoms with Gasteiger partial charge in [-0.3, -0.25) is 14.6 Å². The lowest BCUT2D eigenvalue weighted by Gasteiger charge is -2.36. The van der Waals surface area contributed by atoms with Crippen LogP contribution in [0, 0.1) is 0 Å². The maximum absolute atomic E-state index is 12.9. The molecule has 2 aliphatic rings. The molecule has 1 aromatic heterocycles. The number of carbonyl (C=O) groups excluding carboxylic acids is 2. The van der Waals surface area contributed by atoms with E-state index in [-0.39, 0.29) is 17.9 Å². The summed E-state index contributed by atoms with van der Waals surface area (Å²) in [6, 6.07) is 11.8. The number of likely N-dealkylation sites (tertiary alicyclic amines) is 1. The molecule has 0 bridgehead atoms. The van der Waals surface area contributed by atoms with Crippen molar-refractivity contribution in [1.29, 1.82) is 0 Å². The second kappa shape index (κ2) is 7.28. The van der Waals surface area contributed by atoms with Crippen molar-refractivity contribution in [1.82, 2.24) is 14.8 Å². The molecule has 3 heterocycles. The number of amides is 2. The quantitative estimate of drug-likeness (QED) is 0.852. The van der Waals surface area contributed by atoms with E-state index in [1.807, 2.05) is 47.5 Å². The van der Waals surface area contributed by atoms with Gasteiger partial charge in [-0.15, -0.1) is 0 Å². The average molecular weight is 349 g/mol. The Morgan fingerprint density at radius 2 is 2.04 bits per heavy atom. The van der Waals surface area contributed by atoms with Crippen molar-refractivity contribution in [2.45, 2.75) is 38.3 Å². The lowest BCUT2D eigenvalue weighted by atomic mass is 9.96. The van der Waals surface area contributed by atoms with Crippen LogP contribution in [0.2, 0.25) is 0 Å². The molecule has 5 nitrogen and oxygen atoms in total. The molecule has 0 N–H and O–H groups in total. The highest BCUT2D eigenvalue weighted by Crippen LogP contribution is 2.31. The molecule has 0 spiro atoms. The summed E-state index contributed by atoms with van der Waals surface area (Å²) in [4.78, 5) is 33.3. The summed E-state index contributed by atoms with van der Waals surface area (Å²) < 4.78 is 0. The van der Waals surface area contributed by atoms with Crippen LogP contribution in [0.15, 0.2) is 48.8 Å². The number of pyridine rings is 1. The molecule has 2 aromatic rings. The third-order valence-corrected chi connectivity index (χ3v) is 5.38. The molecule has 1 aromatic carbocycles. The molecule has 1 fully saturated rings. The van der Waals surface area contributed by atoms with E-state index in [2.05, 4.69) is 4.98 Å². The monoisotopic (exact) mass is 349 g/mol. The van der Waals surface area contributed by atoms with Gasteiger partial charge in [0.1, 0.15) is 0 Å². The normalized spacial score (nSPS) is 19.5. The second-order valence-corrected chi connectivity index (χ2v) is 7.02. The lowest BCUT2D eigenvalue weighted by molar-refractivity contribution is -0.135. The van der Waals surface area contributed by atoms with E-state index >= 15 is 0 Å². The highest BCUT2D eigenvalue weighted by molar-refractivity contribution is 5.98. The first-order valence-corrected chi connectivity index (χ1v) is 9.30. The van der Waals surface area contributed by atoms with Crippen LogP contribution >= 0.6 is 0 Å². The van der Waals surface area contributed by atoms with Crippen molar-refractivity contribution >= 4 is 11.8 Å². The van der Waals surface area contributed by atoms with Crippen molar-refractivity contribution in [3.05, 3.63) is 65.5 Å². The topological polar surface area (TPSA) is 53.5 Å². The number of hydrogen-bond donors (Lipinski definition) is 0. The number of aromatic nitrogens is 1. The van der Waals surface area contributed by atoms with Gasteiger partial charge in [0.05, 0.1) is 6.04 Å². The maximum atomic E-state index is 12.9. The zero-order valence-electron chi connectivity index (χ0n) is 14.8. The molecule has 26 heavy (non-hydrogen) atoms. The number of benzene rings is 1. The summed E-state index contributed by atoms with van der Waals surface area (Å²) in [6.45, 7) is 1.86. The van der Waals surface area contributed by atoms with Crippen molar-refractivity contribution in [2.24, 2.45) is 0 Å². The molecule has 0 saturated carbocycles. The number of nitrogens with zero attached hydrogens (tertiary/aromatic N) is 3. The minimum Gasteiger partial charge on any atom is -0.336 e. The molecule has 0 aliphatic carbocycles. The second-order valence-electron chi connectivity index (χ2n) is 7.02. The van der Waals surface area contributed by atoms with Gasteiger partial charge in [0.25, 0.3) is 5.91 Å². The molecule has 0 radical (unpaired) electrons. The predicted octanol–water partition coefficient (Wildman–Crippen LogP) is 3.18. The summed E-state index contributed by atoms with van der Waals surface area (Å²) in [5, 5.41) is 0. The van der Waals surface area contributed by atoms with Gasteiger partial charge >= 0.3 is 0 Å². The molecule has 1 atom stereocenters. The first-order chi connectivity index (χ1) is 12.7. The predicted molar refractivity (Wildman–Crippen MR) is 98.3 cm³/mol. The minimum absolute atomic E-state index is 0.0378. The molecule has 2 amide bonds. The SMILES string of the molecule is O=C1c2ccccc2CN1CCC(=O)N1CCCC[C@H]1c1cccnc1. The minimum atomic E-state index is 0.0378. The van der Waals surface area contributed by atoms with E-state index in [9.17, 15) is 9.59 Å². The van der Waals surface area contributed by atoms with Gasteiger partial charge in [-0.05, 0) is 42.5 Å². The van der Waals surface area contributed by atoms with Crippen LogP contribution in [0.5, 0.6) is 0 Å². The Kier molecular flexibility index (Phi) is 4.69. The Morgan fingerprint density at radius 3 is 2.85 bits per heavy atom. The fourth-order valence-electron chi connectivity index (χ4n) is 4.02. The molecule has 4 rings (SSSR count). The standard InChI is InChI=1S/C21H23N3O2/c25-20(10-13-23-15-17-6-1-2-8-18(17)21(23)26)24-12-4-3-9-19(24)16-7-5-11-22-14-16/h1-2,5-8,11,14,19H,3-4,9-10,12-13,15H2/t19-/m0/s1. The van der Waals surface area contributed by atoms with Crippen molar-refractivity contribution in [3.8, 4) is 0 Å². The van der Waals surface area contributed by atoms with Crippen LogP contribution in [0.1, 0.15) is 53.2 Å². The smallest absolute Gasteiger partial charge is 0.254 e. The molecule has 5 heteroatoms. The van der Waals surface area contributed by atoms with Crippen LogP contribution in [0.4, 0.5) is 0 Å². The van der Waals surface area contributed by atoms with Crippen LogP contribution in [-0.4, -0.2) is 39.7 Å². The summed E-state index contributed by atoms with van der Waals surface area (Å²) in [5.74, 6) is 0.165. The lowest BCUT2D eigenvalue weighted by Crippen LogP contribution is -2.40. The van der Waals surface area contributed by atoms with Gasteiger partial charge in [0.15, 0.2) is 0 Å². The van der Waals surface area contributed by atoms with E-state index in [0.717, 1.165) is 42.5 Å². The Bertz CT molecular complexity index is 806. The number of rotatable bonds is 4. The first kappa shape index (κ1) is 16.8. The number of fused-ring (bicyclic) bond motifs is 1. The third kappa shape index (κ3) is 3.21. The fraction of sp³-hybridized carbons (Fsp3) is 0.381. The average Bonchev–Trinajstić information content (AvgIpc) is 3.03. The zero-order chi connectivity index (χ0) is 17.9.